The summed E-state index contributed by atoms with van der Waals surface area (Å²) in [7, 11) is 0. The van der Waals surface area contributed by atoms with E-state index < -0.39 is 0 Å². The second kappa shape index (κ2) is 5.43. The minimum atomic E-state index is -0.111. The normalized spacial score (nSPS) is 17.1. The molecule has 1 amide bonds. The van der Waals surface area contributed by atoms with E-state index in [0.29, 0.717) is 12.2 Å². The Balaban J connectivity index is 1.60. The molecule has 1 unspecified atom stereocenters. The molecule has 0 bridgehead atoms. The average Bonchev–Trinajstić information content (AvgIpc) is 3.25. The lowest BCUT2D eigenvalue weighted by Crippen LogP contribution is -2.40. The van der Waals surface area contributed by atoms with Crippen LogP contribution in [0.4, 0.5) is 0 Å². The lowest BCUT2D eigenvalue weighted by molar-refractivity contribution is 0.0601. The summed E-state index contributed by atoms with van der Waals surface area (Å²) in [6.45, 7) is 3.51. The van der Waals surface area contributed by atoms with E-state index in [1.807, 2.05) is 48.2 Å². The molecule has 3 aromatic rings. The largest absolute Gasteiger partial charge is 0.350 e. The van der Waals surface area contributed by atoms with E-state index in [4.69, 9.17) is 4.52 Å². The van der Waals surface area contributed by atoms with Crippen LogP contribution in [0.5, 0.6) is 0 Å². The van der Waals surface area contributed by atoms with Gasteiger partial charge >= 0.3 is 0 Å². The maximum atomic E-state index is 12.8. The van der Waals surface area contributed by atoms with Crippen molar-refractivity contribution in [2.45, 2.75) is 19.5 Å². The highest BCUT2D eigenvalue weighted by Crippen LogP contribution is 2.28. The van der Waals surface area contributed by atoms with E-state index in [0.717, 1.165) is 17.8 Å². The number of hydrogen-bond acceptors (Lipinski definition) is 3. The summed E-state index contributed by atoms with van der Waals surface area (Å²) < 4.78 is 7.49. The van der Waals surface area contributed by atoms with Crippen LogP contribution in [0.15, 0.2) is 59.3 Å². The molecule has 5 nitrogen and oxygen atoms in total. The van der Waals surface area contributed by atoms with Gasteiger partial charge in [0.15, 0.2) is 0 Å². The van der Waals surface area contributed by atoms with Crippen molar-refractivity contribution in [1.29, 1.82) is 0 Å². The number of carbonyl (C=O) groups excluding carboxylic acids is 1. The zero-order valence-corrected chi connectivity index (χ0v) is 12.8. The van der Waals surface area contributed by atoms with Gasteiger partial charge in [-0.15, -0.1) is 0 Å². The van der Waals surface area contributed by atoms with Gasteiger partial charge in [0.2, 0.25) is 5.76 Å². The summed E-state index contributed by atoms with van der Waals surface area (Å²) in [5.41, 5.74) is 2.77. The lowest BCUT2D eigenvalue weighted by atomic mass is 10.1. The molecule has 1 atom stereocenters. The molecule has 3 heterocycles. The molecule has 5 heteroatoms. The molecule has 116 valence electrons. The first-order valence-electron chi connectivity index (χ1n) is 7.72. The molecule has 4 rings (SSSR count). The summed E-state index contributed by atoms with van der Waals surface area (Å²) in [4.78, 5) is 14.6. The molecule has 0 N–H and O–H groups in total. The maximum Gasteiger partial charge on any atom is 0.293 e. The average molecular weight is 307 g/mol. The van der Waals surface area contributed by atoms with Gasteiger partial charge in [-0.05, 0) is 19.1 Å². The third kappa shape index (κ3) is 2.34. The van der Waals surface area contributed by atoms with Gasteiger partial charge in [0.25, 0.3) is 5.91 Å². The number of carbonyl (C=O) groups is 1. The van der Waals surface area contributed by atoms with Crippen LogP contribution in [0, 0.1) is 0 Å². The van der Waals surface area contributed by atoms with E-state index in [1.54, 1.807) is 6.07 Å². The Morgan fingerprint density at radius 2 is 2.00 bits per heavy atom. The van der Waals surface area contributed by atoms with Gasteiger partial charge in [-0.25, -0.2) is 0 Å². The molecule has 1 aliphatic rings. The standard InChI is InChI=1S/C18H17N3O2/c1-13-16-8-5-9-20(16)10-11-21(13)18(22)17-12-15(19-23-17)14-6-3-2-4-7-14/h2-9,12-13H,10-11H2,1H3. The van der Waals surface area contributed by atoms with Gasteiger partial charge in [0.05, 0.1) is 6.04 Å². The van der Waals surface area contributed by atoms with Crippen LogP contribution in [0.2, 0.25) is 0 Å². The Bertz CT molecular complexity index is 835. The predicted molar refractivity (Wildman–Crippen MR) is 85.8 cm³/mol. The third-order valence-electron chi connectivity index (χ3n) is 4.39. The highest BCUT2D eigenvalue weighted by molar-refractivity contribution is 5.92. The van der Waals surface area contributed by atoms with Crippen LogP contribution < -0.4 is 0 Å². The van der Waals surface area contributed by atoms with Crippen molar-refractivity contribution in [2.24, 2.45) is 0 Å². The monoisotopic (exact) mass is 307 g/mol. The third-order valence-corrected chi connectivity index (χ3v) is 4.39. The van der Waals surface area contributed by atoms with Crippen molar-refractivity contribution < 1.29 is 9.32 Å². The van der Waals surface area contributed by atoms with Gasteiger partial charge in [0.1, 0.15) is 5.69 Å². The summed E-state index contributed by atoms with van der Waals surface area (Å²) >= 11 is 0. The second-order valence-corrected chi connectivity index (χ2v) is 5.74. The second-order valence-electron chi connectivity index (χ2n) is 5.74. The fourth-order valence-corrected chi connectivity index (χ4v) is 3.12. The van der Waals surface area contributed by atoms with Crippen molar-refractivity contribution >= 4 is 5.91 Å². The van der Waals surface area contributed by atoms with Gasteiger partial charge in [-0.2, -0.15) is 0 Å². The smallest absolute Gasteiger partial charge is 0.293 e. The van der Waals surface area contributed by atoms with Gasteiger partial charge in [-0.1, -0.05) is 35.5 Å². The molecule has 2 aromatic heterocycles. The minimum absolute atomic E-state index is 0.0246. The fraction of sp³-hybridized carbons (Fsp3) is 0.222. The van der Waals surface area contributed by atoms with Gasteiger partial charge < -0.3 is 14.0 Å². The molecule has 0 radical (unpaired) electrons. The Morgan fingerprint density at radius 1 is 1.17 bits per heavy atom. The number of nitrogens with zero attached hydrogens (tertiary/aromatic N) is 3. The Hall–Kier alpha value is -2.82. The lowest BCUT2D eigenvalue weighted by Gasteiger charge is -2.34. The molecular formula is C18H17N3O2. The summed E-state index contributed by atoms with van der Waals surface area (Å²) in [6, 6.07) is 15.5. The molecule has 1 aliphatic heterocycles. The highest BCUT2D eigenvalue weighted by Gasteiger charge is 2.30. The van der Waals surface area contributed by atoms with E-state index in [9.17, 15) is 4.79 Å². The molecule has 0 spiro atoms. The van der Waals surface area contributed by atoms with Gasteiger partial charge in [0, 0.05) is 36.6 Å². The van der Waals surface area contributed by atoms with Crippen LogP contribution >= 0.6 is 0 Å². The Labute approximate surface area is 134 Å². The number of amides is 1. The van der Waals surface area contributed by atoms with E-state index in [-0.39, 0.29) is 17.7 Å². The molecule has 0 saturated carbocycles. The number of aromatic nitrogens is 2. The molecule has 0 saturated heterocycles. The zero-order valence-electron chi connectivity index (χ0n) is 12.8. The summed E-state index contributed by atoms with van der Waals surface area (Å²) in [6.07, 6.45) is 2.05. The van der Waals surface area contributed by atoms with Crippen LogP contribution in [0.3, 0.4) is 0 Å². The van der Waals surface area contributed by atoms with Crippen molar-refractivity contribution in [1.82, 2.24) is 14.6 Å². The first-order valence-corrected chi connectivity index (χ1v) is 7.72. The quantitative estimate of drug-likeness (QED) is 0.729. The van der Waals surface area contributed by atoms with Crippen molar-refractivity contribution in [3.63, 3.8) is 0 Å². The van der Waals surface area contributed by atoms with Crippen LogP contribution in [0.1, 0.15) is 29.2 Å². The van der Waals surface area contributed by atoms with Crippen LogP contribution in [0.25, 0.3) is 11.3 Å². The number of fused-ring (bicyclic) bond motifs is 1. The topological polar surface area (TPSA) is 51.3 Å². The number of benzene rings is 1. The SMILES string of the molecule is CC1c2cccn2CCN1C(=O)c1cc(-c2ccccc2)no1. The molecule has 1 aromatic carbocycles. The molecule has 0 aliphatic carbocycles. The minimum Gasteiger partial charge on any atom is -0.350 e. The number of hydrogen-bond donors (Lipinski definition) is 0. The zero-order chi connectivity index (χ0) is 15.8. The van der Waals surface area contributed by atoms with Crippen LogP contribution in [-0.4, -0.2) is 27.1 Å². The first kappa shape index (κ1) is 13.8. The summed E-state index contributed by atoms with van der Waals surface area (Å²) in [5, 5.41) is 4.03. The molecular weight excluding hydrogens is 290 g/mol. The van der Waals surface area contributed by atoms with E-state index in [1.165, 1.54) is 0 Å². The summed E-state index contributed by atoms with van der Waals surface area (Å²) in [5.74, 6) is 0.176. The predicted octanol–water partition coefficient (Wildman–Crippen LogP) is 3.36. The Kier molecular flexibility index (Phi) is 3.26. The molecule has 23 heavy (non-hydrogen) atoms. The van der Waals surface area contributed by atoms with E-state index >= 15 is 0 Å². The fourth-order valence-electron chi connectivity index (χ4n) is 3.12. The van der Waals surface area contributed by atoms with Gasteiger partial charge in [-0.3, -0.25) is 4.79 Å². The number of rotatable bonds is 2. The van der Waals surface area contributed by atoms with E-state index in [2.05, 4.69) is 22.0 Å². The first-order chi connectivity index (χ1) is 11.2. The highest BCUT2D eigenvalue weighted by atomic mass is 16.5. The molecule has 0 fully saturated rings. The van der Waals surface area contributed by atoms with Crippen LogP contribution in [-0.2, 0) is 6.54 Å². The Morgan fingerprint density at radius 3 is 2.83 bits per heavy atom. The maximum absolute atomic E-state index is 12.8. The van der Waals surface area contributed by atoms with Crippen molar-refractivity contribution in [3.05, 3.63) is 66.2 Å². The van der Waals surface area contributed by atoms with Crippen molar-refractivity contribution in [3.8, 4) is 11.3 Å². The van der Waals surface area contributed by atoms with Crippen molar-refractivity contribution in [2.75, 3.05) is 6.54 Å².